The maximum absolute atomic E-state index is 11.9. The molecule has 3 aromatic rings. The van der Waals surface area contributed by atoms with Gasteiger partial charge in [0, 0.05) is 25.0 Å². The summed E-state index contributed by atoms with van der Waals surface area (Å²) in [6.45, 7) is 2.47. The average molecular weight is 349 g/mol. The molecule has 7 nitrogen and oxygen atoms in total. The number of hydrogen-bond donors (Lipinski definition) is 0. The summed E-state index contributed by atoms with van der Waals surface area (Å²) in [5.41, 5.74) is 1.53. The van der Waals surface area contributed by atoms with Crippen LogP contribution >= 0.6 is 0 Å². The summed E-state index contributed by atoms with van der Waals surface area (Å²) in [6.07, 6.45) is 1.36. The maximum atomic E-state index is 11.9. The fourth-order valence-corrected chi connectivity index (χ4v) is 2.80. The monoisotopic (exact) mass is 349 g/mol. The van der Waals surface area contributed by atoms with Crippen molar-refractivity contribution >= 4 is 28.7 Å². The molecule has 132 valence electrons. The van der Waals surface area contributed by atoms with Gasteiger partial charge in [-0.05, 0) is 31.2 Å². The van der Waals surface area contributed by atoms with E-state index in [2.05, 4.69) is 9.97 Å². The Morgan fingerprint density at radius 2 is 1.46 bits per heavy atom. The van der Waals surface area contributed by atoms with Crippen LogP contribution in [-0.4, -0.2) is 28.5 Å². The van der Waals surface area contributed by atoms with E-state index < -0.39 is 4.92 Å². The second-order valence-electron chi connectivity index (χ2n) is 5.60. The minimum absolute atomic E-state index is 0.121. The fraction of sp³-hybridized carbons (Fsp3) is 0.158. The number of anilines is 4. The minimum Gasteiger partial charge on any atom is -0.324 e. The number of rotatable bonds is 6. The SMILES string of the molecule is CCN(c1ccccc1)c1ncnc(N(C)c2ccccc2)c1[N+](=O)[O-]. The quantitative estimate of drug-likeness (QED) is 0.487. The molecule has 0 spiro atoms. The van der Waals surface area contributed by atoms with Crippen LogP contribution in [0.3, 0.4) is 0 Å². The van der Waals surface area contributed by atoms with Gasteiger partial charge in [0.15, 0.2) is 0 Å². The Labute approximate surface area is 151 Å². The van der Waals surface area contributed by atoms with Crippen LogP contribution in [0.25, 0.3) is 0 Å². The summed E-state index contributed by atoms with van der Waals surface area (Å²) in [5.74, 6) is 0.525. The van der Waals surface area contributed by atoms with E-state index in [4.69, 9.17) is 0 Å². The highest BCUT2D eigenvalue weighted by atomic mass is 16.6. The van der Waals surface area contributed by atoms with E-state index in [0.717, 1.165) is 11.4 Å². The van der Waals surface area contributed by atoms with Gasteiger partial charge in [0.2, 0.25) is 11.6 Å². The van der Waals surface area contributed by atoms with Crippen LogP contribution in [0, 0.1) is 10.1 Å². The fourth-order valence-electron chi connectivity index (χ4n) is 2.80. The van der Waals surface area contributed by atoms with E-state index in [1.54, 1.807) is 11.9 Å². The molecule has 0 bridgehead atoms. The van der Waals surface area contributed by atoms with Gasteiger partial charge in [0.25, 0.3) is 0 Å². The first kappa shape index (κ1) is 17.3. The van der Waals surface area contributed by atoms with Crippen molar-refractivity contribution in [3.05, 3.63) is 77.1 Å². The van der Waals surface area contributed by atoms with Crippen molar-refractivity contribution in [1.82, 2.24) is 9.97 Å². The zero-order valence-electron chi connectivity index (χ0n) is 14.6. The Bertz CT molecular complexity index is 887. The van der Waals surface area contributed by atoms with Crippen LogP contribution in [0.2, 0.25) is 0 Å². The molecule has 0 amide bonds. The Morgan fingerprint density at radius 3 is 2.00 bits per heavy atom. The molecular formula is C19H19N5O2. The molecule has 0 N–H and O–H groups in total. The zero-order chi connectivity index (χ0) is 18.5. The van der Waals surface area contributed by atoms with Crippen molar-refractivity contribution in [2.24, 2.45) is 0 Å². The third-order valence-electron chi connectivity index (χ3n) is 4.07. The summed E-state index contributed by atoms with van der Waals surface area (Å²) in [6, 6.07) is 18.9. The molecular weight excluding hydrogens is 330 g/mol. The van der Waals surface area contributed by atoms with E-state index in [0.29, 0.717) is 6.54 Å². The number of benzene rings is 2. The van der Waals surface area contributed by atoms with Gasteiger partial charge in [-0.1, -0.05) is 36.4 Å². The van der Waals surface area contributed by atoms with Crippen molar-refractivity contribution in [1.29, 1.82) is 0 Å². The van der Waals surface area contributed by atoms with Crippen molar-refractivity contribution in [3.63, 3.8) is 0 Å². The molecule has 1 heterocycles. The van der Waals surface area contributed by atoms with Gasteiger partial charge in [-0.15, -0.1) is 0 Å². The molecule has 3 rings (SSSR count). The maximum Gasteiger partial charge on any atom is 0.354 e. The lowest BCUT2D eigenvalue weighted by molar-refractivity contribution is -0.383. The van der Waals surface area contributed by atoms with E-state index in [-0.39, 0.29) is 17.3 Å². The van der Waals surface area contributed by atoms with Gasteiger partial charge < -0.3 is 9.80 Å². The molecule has 26 heavy (non-hydrogen) atoms. The largest absolute Gasteiger partial charge is 0.354 e. The minimum atomic E-state index is -0.421. The molecule has 0 unspecified atom stereocenters. The van der Waals surface area contributed by atoms with Gasteiger partial charge >= 0.3 is 5.69 Å². The second kappa shape index (κ2) is 7.60. The summed E-state index contributed by atoms with van der Waals surface area (Å²) in [5, 5.41) is 11.9. The van der Waals surface area contributed by atoms with Gasteiger partial charge in [-0.2, -0.15) is 0 Å². The zero-order valence-corrected chi connectivity index (χ0v) is 14.6. The van der Waals surface area contributed by atoms with Crippen LogP contribution < -0.4 is 9.80 Å². The topological polar surface area (TPSA) is 75.4 Å². The molecule has 2 aromatic carbocycles. The molecule has 7 heteroatoms. The van der Waals surface area contributed by atoms with Crippen LogP contribution in [0.15, 0.2) is 67.0 Å². The standard InChI is InChI=1S/C19H19N5O2/c1-3-23(16-12-8-5-9-13-16)19-17(24(25)26)18(20-14-21-19)22(2)15-10-6-4-7-11-15/h4-14H,3H2,1-2H3. The first-order valence-corrected chi connectivity index (χ1v) is 8.24. The molecule has 0 radical (unpaired) electrons. The number of nitro groups is 1. The Morgan fingerprint density at radius 1 is 0.923 bits per heavy atom. The van der Waals surface area contributed by atoms with Crippen molar-refractivity contribution in [3.8, 4) is 0 Å². The molecule has 0 atom stereocenters. The van der Waals surface area contributed by atoms with Gasteiger partial charge in [0.05, 0.1) is 4.92 Å². The van der Waals surface area contributed by atoms with E-state index in [1.807, 2.05) is 72.5 Å². The molecule has 0 aliphatic rings. The lowest BCUT2D eigenvalue weighted by atomic mass is 10.2. The van der Waals surface area contributed by atoms with Gasteiger partial charge in [-0.25, -0.2) is 9.97 Å². The third kappa shape index (κ3) is 3.32. The van der Waals surface area contributed by atoms with E-state index >= 15 is 0 Å². The lowest BCUT2D eigenvalue weighted by Gasteiger charge is -2.24. The van der Waals surface area contributed by atoms with Crippen LogP contribution in [0.4, 0.5) is 28.7 Å². The first-order chi connectivity index (χ1) is 12.6. The Kier molecular flexibility index (Phi) is 5.07. The molecule has 0 fully saturated rings. The molecule has 1 aromatic heterocycles. The van der Waals surface area contributed by atoms with E-state index in [1.165, 1.54) is 6.33 Å². The summed E-state index contributed by atoms with van der Waals surface area (Å²) >= 11 is 0. The molecule has 0 aliphatic heterocycles. The van der Waals surface area contributed by atoms with Crippen LogP contribution in [0.1, 0.15) is 6.92 Å². The van der Waals surface area contributed by atoms with E-state index in [9.17, 15) is 10.1 Å². The first-order valence-electron chi connectivity index (χ1n) is 8.24. The predicted molar refractivity (Wildman–Crippen MR) is 102 cm³/mol. The van der Waals surface area contributed by atoms with Crippen LogP contribution in [-0.2, 0) is 0 Å². The highest BCUT2D eigenvalue weighted by Crippen LogP contribution is 2.38. The molecule has 0 aliphatic carbocycles. The predicted octanol–water partition coefficient (Wildman–Crippen LogP) is 4.31. The van der Waals surface area contributed by atoms with Crippen molar-refractivity contribution in [2.45, 2.75) is 6.92 Å². The summed E-state index contributed by atoms with van der Waals surface area (Å²) in [7, 11) is 1.76. The Balaban J connectivity index is 2.14. The van der Waals surface area contributed by atoms with Crippen LogP contribution in [0.5, 0.6) is 0 Å². The normalized spacial score (nSPS) is 10.4. The smallest absolute Gasteiger partial charge is 0.324 e. The number of nitrogens with zero attached hydrogens (tertiary/aromatic N) is 5. The van der Waals surface area contributed by atoms with Gasteiger partial charge in [-0.3, -0.25) is 10.1 Å². The highest BCUT2D eigenvalue weighted by molar-refractivity contribution is 5.79. The second-order valence-corrected chi connectivity index (χ2v) is 5.60. The number of para-hydroxylation sites is 2. The third-order valence-corrected chi connectivity index (χ3v) is 4.07. The van der Waals surface area contributed by atoms with Gasteiger partial charge in [0.1, 0.15) is 6.33 Å². The summed E-state index contributed by atoms with van der Waals surface area (Å²) < 4.78 is 0. The van der Waals surface area contributed by atoms with Crippen molar-refractivity contribution in [2.75, 3.05) is 23.4 Å². The van der Waals surface area contributed by atoms with Crippen molar-refractivity contribution < 1.29 is 4.92 Å². The lowest BCUT2D eigenvalue weighted by Crippen LogP contribution is -2.21. The molecule has 0 saturated carbocycles. The molecule has 0 saturated heterocycles. The number of aromatic nitrogens is 2. The summed E-state index contributed by atoms with van der Waals surface area (Å²) in [4.78, 5) is 23.4. The Hall–Kier alpha value is -3.48. The highest BCUT2D eigenvalue weighted by Gasteiger charge is 2.29. The average Bonchev–Trinajstić information content (AvgIpc) is 2.69. The number of hydrogen-bond acceptors (Lipinski definition) is 6.